The van der Waals surface area contributed by atoms with Gasteiger partial charge in [0.15, 0.2) is 5.69 Å². The summed E-state index contributed by atoms with van der Waals surface area (Å²) in [7, 11) is 0. The second kappa shape index (κ2) is 6.92. The van der Waals surface area contributed by atoms with E-state index >= 15 is 0 Å². The monoisotopic (exact) mass is 378 g/mol. The molecule has 1 fully saturated rings. The van der Waals surface area contributed by atoms with Crippen LogP contribution in [0.15, 0.2) is 42.5 Å². The summed E-state index contributed by atoms with van der Waals surface area (Å²) < 4.78 is 13.1. The van der Waals surface area contributed by atoms with E-state index in [0.717, 1.165) is 18.4 Å². The van der Waals surface area contributed by atoms with Crippen LogP contribution in [0.5, 0.6) is 0 Å². The van der Waals surface area contributed by atoms with Gasteiger partial charge in [0.2, 0.25) is 5.78 Å². The first-order chi connectivity index (χ1) is 13.4. The van der Waals surface area contributed by atoms with Gasteiger partial charge in [0.25, 0.3) is 5.91 Å². The minimum absolute atomic E-state index is 0.0637. The summed E-state index contributed by atoms with van der Waals surface area (Å²) in [6, 6.07) is 10.8. The summed E-state index contributed by atoms with van der Waals surface area (Å²) in [5.74, 6) is -0.437. The standard InChI is InChI=1S/C21H19FN4O2/c1-11-2-3-13(21(28)24-15-8-9-15)10-16(11)20-25-17(19(23)26-20)18(27)12-4-6-14(22)7-5-12/h2-7,10,15H,8-9,23H2,1H3,(H,24,28)(H,25,26). The van der Waals surface area contributed by atoms with Crippen molar-refractivity contribution in [1.29, 1.82) is 0 Å². The number of anilines is 1. The van der Waals surface area contributed by atoms with Gasteiger partial charge in [-0.2, -0.15) is 0 Å². The molecule has 1 heterocycles. The Labute approximate surface area is 161 Å². The number of aromatic amines is 1. The lowest BCUT2D eigenvalue weighted by molar-refractivity contribution is 0.0950. The molecule has 28 heavy (non-hydrogen) atoms. The molecule has 0 spiro atoms. The molecule has 0 saturated heterocycles. The van der Waals surface area contributed by atoms with E-state index in [1.165, 1.54) is 24.3 Å². The zero-order chi connectivity index (χ0) is 19.8. The Hall–Kier alpha value is -3.48. The summed E-state index contributed by atoms with van der Waals surface area (Å²) in [5.41, 5.74) is 8.43. The number of H-pyrrole nitrogens is 1. The number of nitrogen functional groups attached to an aromatic ring is 1. The number of imidazole rings is 1. The number of hydrogen-bond acceptors (Lipinski definition) is 4. The number of rotatable bonds is 5. The number of halogens is 1. The molecule has 2 aromatic carbocycles. The molecule has 4 N–H and O–H groups in total. The molecule has 1 saturated carbocycles. The van der Waals surface area contributed by atoms with Crippen molar-refractivity contribution in [2.24, 2.45) is 0 Å². The van der Waals surface area contributed by atoms with Crippen molar-refractivity contribution in [2.45, 2.75) is 25.8 Å². The maximum Gasteiger partial charge on any atom is 0.251 e. The molecule has 0 bridgehead atoms. The van der Waals surface area contributed by atoms with Crippen molar-refractivity contribution >= 4 is 17.5 Å². The molecule has 142 valence electrons. The van der Waals surface area contributed by atoms with Gasteiger partial charge in [-0.3, -0.25) is 9.59 Å². The molecule has 0 unspecified atom stereocenters. The Kier molecular flexibility index (Phi) is 4.43. The van der Waals surface area contributed by atoms with Gasteiger partial charge < -0.3 is 16.0 Å². The highest BCUT2D eigenvalue weighted by Gasteiger charge is 2.24. The average molecular weight is 378 g/mol. The maximum atomic E-state index is 13.1. The van der Waals surface area contributed by atoms with Crippen LogP contribution in [0.1, 0.15) is 44.8 Å². The van der Waals surface area contributed by atoms with Gasteiger partial charge in [-0.1, -0.05) is 6.07 Å². The van der Waals surface area contributed by atoms with E-state index in [4.69, 9.17) is 5.73 Å². The summed E-state index contributed by atoms with van der Waals surface area (Å²) in [6.07, 6.45) is 2.02. The van der Waals surface area contributed by atoms with Crippen LogP contribution >= 0.6 is 0 Å². The molecule has 4 rings (SSSR count). The highest BCUT2D eigenvalue weighted by atomic mass is 19.1. The summed E-state index contributed by atoms with van der Waals surface area (Å²) >= 11 is 0. The average Bonchev–Trinajstić information content (AvgIpc) is 3.41. The van der Waals surface area contributed by atoms with Crippen LogP contribution in [0.25, 0.3) is 11.4 Å². The molecule has 3 aromatic rings. The topological polar surface area (TPSA) is 101 Å². The van der Waals surface area contributed by atoms with E-state index in [2.05, 4.69) is 15.3 Å². The Morgan fingerprint density at radius 1 is 1.14 bits per heavy atom. The van der Waals surface area contributed by atoms with Crippen LogP contribution < -0.4 is 11.1 Å². The molecule has 0 atom stereocenters. The number of hydrogen-bond donors (Lipinski definition) is 3. The third-order valence-electron chi connectivity index (χ3n) is 4.72. The zero-order valence-electron chi connectivity index (χ0n) is 15.3. The molecule has 6 nitrogen and oxygen atoms in total. The second-order valence-corrected chi connectivity index (χ2v) is 6.96. The number of nitrogens with zero attached hydrogens (tertiary/aromatic N) is 1. The first kappa shape index (κ1) is 17.9. The van der Waals surface area contributed by atoms with Crippen LogP contribution in [0.2, 0.25) is 0 Å². The van der Waals surface area contributed by atoms with Crippen molar-refractivity contribution in [3.05, 3.63) is 70.7 Å². The predicted molar refractivity (Wildman–Crippen MR) is 103 cm³/mol. The fourth-order valence-electron chi connectivity index (χ4n) is 2.94. The molecule has 1 aromatic heterocycles. The Balaban J connectivity index is 1.66. The van der Waals surface area contributed by atoms with Crippen molar-refractivity contribution in [3.63, 3.8) is 0 Å². The van der Waals surface area contributed by atoms with Crippen LogP contribution in [-0.2, 0) is 0 Å². The smallest absolute Gasteiger partial charge is 0.251 e. The minimum Gasteiger partial charge on any atom is -0.383 e. The van der Waals surface area contributed by atoms with E-state index in [1.54, 1.807) is 12.1 Å². The quantitative estimate of drug-likeness (QED) is 0.593. The molecular weight excluding hydrogens is 359 g/mol. The number of nitrogens with two attached hydrogens (primary N) is 1. The van der Waals surface area contributed by atoms with Gasteiger partial charge in [0, 0.05) is 22.7 Å². The van der Waals surface area contributed by atoms with Gasteiger partial charge in [-0.15, -0.1) is 0 Å². The third kappa shape index (κ3) is 3.51. The van der Waals surface area contributed by atoms with Crippen LogP contribution in [0, 0.1) is 12.7 Å². The van der Waals surface area contributed by atoms with Crippen molar-refractivity contribution in [3.8, 4) is 11.4 Å². The normalized spacial score (nSPS) is 13.4. The summed E-state index contributed by atoms with van der Waals surface area (Å²) in [4.78, 5) is 32.3. The Morgan fingerprint density at radius 3 is 2.50 bits per heavy atom. The van der Waals surface area contributed by atoms with E-state index in [1.807, 2.05) is 13.0 Å². The number of ketones is 1. The van der Waals surface area contributed by atoms with Crippen LogP contribution in [0.4, 0.5) is 10.2 Å². The molecule has 1 aliphatic rings. The molecule has 1 amide bonds. The fourth-order valence-corrected chi connectivity index (χ4v) is 2.94. The largest absolute Gasteiger partial charge is 0.383 e. The summed E-state index contributed by atoms with van der Waals surface area (Å²) in [5, 5.41) is 2.95. The van der Waals surface area contributed by atoms with Crippen LogP contribution in [-0.4, -0.2) is 27.7 Å². The van der Waals surface area contributed by atoms with Crippen LogP contribution in [0.3, 0.4) is 0 Å². The van der Waals surface area contributed by atoms with E-state index in [0.29, 0.717) is 22.5 Å². The molecule has 1 aliphatic carbocycles. The third-order valence-corrected chi connectivity index (χ3v) is 4.72. The van der Waals surface area contributed by atoms with Crippen molar-refractivity contribution in [2.75, 3.05) is 5.73 Å². The minimum atomic E-state index is -0.427. The lowest BCUT2D eigenvalue weighted by Gasteiger charge is -2.07. The van der Waals surface area contributed by atoms with Gasteiger partial charge in [-0.05, 0) is 61.7 Å². The number of benzene rings is 2. The number of nitrogens with one attached hydrogen (secondary N) is 2. The van der Waals surface area contributed by atoms with Gasteiger partial charge in [0.05, 0.1) is 0 Å². The first-order valence-electron chi connectivity index (χ1n) is 9.00. The van der Waals surface area contributed by atoms with Gasteiger partial charge >= 0.3 is 0 Å². The highest BCUT2D eigenvalue weighted by molar-refractivity contribution is 6.10. The number of carbonyl (C=O) groups excluding carboxylic acids is 2. The predicted octanol–water partition coefficient (Wildman–Crippen LogP) is 3.23. The number of aromatic nitrogens is 2. The molecular formula is C21H19FN4O2. The lowest BCUT2D eigenvalue weighted by Crippen LogP contribution is -2.25. The van der Waals surface area contributed by atoms with Crippen molar-refractivity contribution < 1.29 is 14.0 Å². The first-order valence-corrected chi connectivity index (χ1v) is 9.00. The van der Waals surface area contributed by atoms with Gasteiger partial charge in [0.1, 0.15) is 17.5 Å². The summed E-state index contributed by atoms with van der Waals surface area (Å²) in [6.45, 7) is 1.89. The zero-order valence-corrected chi connectivity index (χ0v) is 15.3. The SMILES string of the molecule is Cc1ccc(C(=O)NC2CC2)cc1-c1nc(C(=O)c2ccc(F)cc2)c(N)[nH]1. The Bertz CT molecular complexity index is 1070. The van der Waals surface area contributed by atoms with E-state index in [-0.39, 0.29) is 23.5 Å². The lowest BCUT2D eigenvalue weighted by atomic mass is 10.0. The number of aryl methyl sites for hydroxylation is 1. The highest BCUT2D eigenvalue weighted by Crippen LogP contribution is 2.26. The molecule has 0 aliphatic heterocycles. The van der Waals surface area contributed by atoms with Crippen molar-refractivity contribution in [1.82, 2.24) is 15.3 Å². The maximum absolute atomic E-state index is 13.1. The van der Waals surface area contributed by atoms with E-state index in [9.17, 15) is 14.0 Å². The van der Waals surface area contributed by atoms with Gasteiger partial charge in [-0.25, -0.2) is 9.37 Å². The van der Waals surface area contributed by atoms with E-state index < -0.39 is 11.6 Å². The fraction of sp³-hybridized carbons (Fsp3) is 0.190. The second-order valence-electron chi connectivity index (χ2n) is 6.96. The Morgan fingerprint density at radius 2 is 1.82 bits per heavy atom. The number of carbonyl (C=O) groups is 2. The molecule has 7 heteroatoms. The number of amides is 1. The molecule has 0 radical (unpaired) electrons.